The Kier molecular flexibility index (Phi) is 6.43. The predicted octanol–water partition coefficient (Wildman–Crippen LogP) is 4.25. The molecule has 8 heteroatoms. The Hall–Kier alpha value is -1.87. The zero-order valence-corrected chi connectivity index (χ0v) is 21.9. The number of carbonyl (C=O) groups excluding carboxylic acids is 1. The number of hydrogen-bond donors (Lipinski definition) is 0. The van der Waals surface area contributed by atoms with Crippen LogP contribution in [0.5, 0.6) is 11.5 Å². The van der Waals surface area contributed by atoms with Crippen LogP contribution in [0.2, 0.25) is 0 Å². The lowest BCUT2D eigenvalue weighted by Crippen LogP contribution is -2.63. The van der Waals surface area contributed by atoms with E-state index in [2.05, 4.69) is 18.7 Å². The number of ether oxygens (including phenoxy) is 6. The maximum absolute atomic E-state index is 14.0. The van der Waals surface area contributed by atoms with Crippen LogP contribution in [-0.4, -0.2) is 74.6 Å². The fraction of sp³-hybridized carbons (Fsp3) is 0.750. The molecule has 6 aliphatic rings. The molecule has 5 fully saturated rings. The van der Waals surface area contributed by atoms with Gasteiger partial charge in [0.1, 0.15) is 23.9 Å². The first-order chi connectivity index (χ1) is 17.4. The third-order valence-corrected chi connectivity index (χ3v) is 9.09. The number of benzene rings is 1. The third-order valence-electron chi connectivity index (χ3n) is 9.09. The minimum atomic E-state index is -0.357. The number of methoxy groups -OCH3 is 2. The SMILES string of the molecule is COCOc1cc(C(=O)N2C3CC4CC2CC(C3)O4)cc2c1[C@@H]1C[C@H](OCOC)CC[C@H]1C(C)(C)O2. The summed E-state index contributed by atoms with van der Waals surface area (Å²) in [5.74, 6) is 2.03. The molecule has 0 radical (unpaired) electrons. The Bertz CT molecular complexity index is 966. The van der Waals surface area contributed by atoms with Gasteiger partial charge in [-0.25, -0.2) is 0 Å². The van der Waals surface area contributed by atoms with E-state index in [9.17, 15) is 4.79 Å². The van der Waals surface area contributed by atoms with E-state index in [0.717, 1.165) is 56.3 Å². The number of hydrogen-bond acceptors (Lipinski definition) is 7. The molecule has 4 bridgehead atoms. The van der Waals surface area contributed by atoms with E-state index in [1.165, 1.54) is 0 Å². The van der Waals surface area contributed by atoms with Crippen LogP contribution in [0.4, 0.5) is 0 Å². The fourth-order valence-electron chi connectivity index (χ4n) is 7.70. The lowest BCUT2D eigenvalue weighted by atomic mass is 9.65. The molecule has 1 saturated carbocycles. The molecule has 1 aromatic rings. The molecule has 8 nitrogen and oxygen atoms in total. The molecule has 1 aromatic carbocycles. The summed E-state index contributed by atoms with van der Waals surface area (Å²) in [4.78, 5) is 16.1. The summed E-state index contributed by atoms with van der Waals surface area (Å²) in [6.07, 6.45) is 7.31. The van der Waals surface area contributed by atoms with E-state index in [0.29, 0.717) is 36.2 Å². The van der Waals surface area contributed by atoms with Gasteiger partial charge in [-0.1, -0.05) is 0 Å². The standard InChI is InChI=1S/C28H39NO7/c1-28(2)23-6-5-19(33-14-31-3)13-22(23)26-24(34-15-32-4)7-16(8-25(26)36-28)27(30)29-17-9-20-11-18(29)12-21(10-17)35-20/h7-8,17-23H,5-6,9-15H2,1-4H3/t17?,18?,19-,20?,21?,22-,23-/m1/s1. The Morgan fingerprint density at radius 3 is 2.36 bits per heavy atom. The lowest BCUT2D eigenvalue weighted by Gasteiger charge is -2.56. The zero-order valence-electron chi connectivity index (χ0n) is 21.9. The first kappa shape index (κ1) is 24.5. The molecule has 0 unspecified atom stereocenters. The number of nitrogens with zero attached hydrogens (tertiary/aromatic N) is 1. The Balaban J connectivity index is 1.35. The van der Waals surface area contributed by atoms with Crippen molar-refractivity contribution in [2.45, 2.75) is 101 Å². The first-order valence-electron chi connectivity index (χ1n) is 13.4. The molecular weight excluding hydrogens is 462 g/mol. The summed E-state index contributed by atoms with van der Waals surface area (Å²) >= 11 is 0. The van der Waals surface area contributed by atoms with E-state index >= 15 is 0 Å². The third kappa shape index (κ3) is 4.20. The molecule has 198 valence electrons. The average Bonchev–Trinajstić information content (AvgIpc) is 2.84. The van der Waals surface area contributed by atoms with Gasteiger partial charge in [-0.15, -0.1) is 0 Å². The highest BCUT2D eigenvalue weighted by Crippen LogP contribution is 2.55. The summed E-state index contributed by atoms with van der Waals surface area (Å²) in [6, 6.07) is 4.38. The number of carbonyl (C=O) groups is 1. The van der Waals surface area contributed by atoms with Crippen LogP contribution in [0, 0.1) is 5.92 Å². The van der Waals surface area contributed by atoms with E-state index < -0.39 is 0 Å². The minimum Gasteiger partial charge on any atom is -0.487 e. The molecule has 0 N–H and O–H groups in total. The second-order valence-electron chi connectivity index (χ2n) is 11.7. The van der Waals surface area contributed by atoms with Crippen LogP contribution in [0.1, 0.15) is 80.6 Å². The van der Waals surface area contributed by atoms with Crippen molar-refractivity contribution < 1.29 is 33.2 Å². The van der Waals surface area contributed by atoms with Gasteiger partial charge in [-0.3, -0.25) is 4.79 Å². The highest BCUT2D eigenvalue weighted by atomic mass is 16.7. The highest BCUT2D eigenvalue weighted by molar-refractivity contribution is 5.96. The lowest BCUT2D eigenvalue weighted by molar-refractivity contribution is -0.169. The van der Waals surface area contributed by atoms with Crippen molar-refractivity contribution in [2.24, 2.45) is 5.92 Å². The molecule has 1 aliphatic carbocycles. The second kappa shape index (κ2) is 9.46. The molecule has 7 rings (SSSR count). The molecule has 0 spiro atoms. The van der Waals surface area contributed by atoms with Crippen LogP contribution < -0.4 is 9.47 Å². The summed E-state index contributed by atoms with van der Waals surface area (Å²) < 4.78 is 35.3. The van der Waals surface area contributed by atoms with Crippen LogP contribution in [-0.2, 0) is 18.9 Å². The van der Waals surface area contributed by atoms with Gasteiger partial charge in [0.15, 0.2) is 6.79 Å². The van der Waals surface area contributed by atoms with Crippen molar-refractivity contribution in [1.82, 2.24) is 4.90 Å². The summed E-state index contributed by atoms with van der Waals surface area (Å²) in [7, 11) is 3.27. The quantitative estimate of drug-likeness (QED) is 0.517. The van der Waals surface area contributed by atoms with E-state index in [-0.39, 0.29) is 42.4 Å². The topological polar surface area (TPSA) is 75.7 Å². The van der Waals surface area contributed by atoms with Crippen LogP contribution >= 0.6 is 0 Å². The molecular formula is C28H39NO7. The van der Waals surface area contributed by atoms with Gasteiger partial charge >= 0.3 is 0 Å². The fourth-order valence-corrected chi connectivity index (χ4v) is 7.70. The van der Waals surface area contributed by atoms with Crippen molar-refractivity contribution in [1.29, 1.82) is 0 Å². The van der Waals surface area contributed by atoms with Crippen molar-refractivity contribution in [2.75, 3.05) is 27.8 Å². The van der Waals surface area contributed by atoms with Crippen molar-refractivity contribution in [3.05, 3.63) is 23.3 Å². The minimum absolute atomic E-state index is 0.0716. The zero-order chi connectivity index (χ0) is 25.0. The van der Waals surface area contributed by atoms with Gasteiger partial charge in [0.05, 0.1) is 18.3 Å². The average molecular weight is 502 g/mol. The number of amides is 1. The van der Waals surface area contributed by atoms with Crippen LogP contribution in [0.15, 0.2) is 12.1 Å². The van der Waals surface area contributed by atoms with Gasteiger partial charge in [-0.05, 0) is 70.9 Å². The summed E-state index contributed by atoms with van der Waals surface area (Å²) in [5, 5.41) is 0. The van der Waals surface area contributed by atoms with E-state index in [1.807, 2.05) is 12.1 Å². The molecule has 36 heavy (non-hydrogen) atoms. The second-order valence-corrected chi connectivity index (χ2v) is 11.7. The van der Waals surface area contributed by atoms with Gasteiger partial charge in [0, 0.05) is 49.3 Å². The molecule has 5 heterocycles. The smallest absolute Gasteiger partial charge is 0.254 e. The molecule has 0 aromatic heterocycles. The number of fused-ring (bicyclic) bond motifs is 3. The van der Waals surface area contributed by atoms with Gasteiger partial charge in [0.2, 0.25) is 0 Å². The van der Waals surface area contributed by atoms with Gasteiger partial charge in [-0.2, -0.15) is 0 Å². The number of piperidine rings is 2. The van der Waals surface area contributed by atoms with Gasteiger partial charge < -0.3 is 33.3 Å². The van der Waals surface area contributed by atoms with Crippen molar-refractivity contribution in [3.8, 4) is 11.5 Å². The molecule has 1 amide bonds. The van der Waals surface area contributed by atoms with E-state index in [1.54, 1.807) is 14.2 Å². The monoisotopic (exact) mass is 501 g/mol. The Morgan fingerprint density at radius 1 is 1.00 bits per heavy atom. The van der Waals surface area contributed by atoms with Crippen LogP contribution in [0.3, 0.4) is 0 Å². The Morgan fingerprint density at radius 2 is 1.69 bits per heavy atom. The van der Waals surface area contributed by atoms with Gasteiger partial charge in [0.25, 0.3) is 5.91 Å². The molecule has 5 aliphatic heterocycles. The highest BCUT2D eigenvalue weighted by Gasteiger charge is 2.51. The maximum Gasteiger partial charge on any atom is 0.254 e. The Labute approximate surface area is 213 Å². The summed E-state index contributed by atoms with van der Waals surface area (Å²) in [5.41, 5.74) is 1.31. The molecule has 3 atom stereocenters. The summed E-state index contributed by atoms with van der Waals surface area (Å²) in [6.45, 7) is 4.73. The van der Waals surface area contributed by atoms with Crippen molar-refractivity contribution in [3.63, 3.8) is 0 Å². The predicted molar refractivity (Wildman–Crippen MR) is 131 cm³/mol. The van der Waals surface area contributed by atoms with E-state index in [4.69, 9.17) is 28.4 Å². The number of rotatable bonds is 7. The normalized spacial score (nSPS) is 35.7. The maximum atomic E-state index is 14.0. The molecule has 4 saturated heterocycles. The van der Waals surface area contributed by atoms with Crippen LogP contribution in [0.25, 0.3) is 0 Å². The van der Waals surface area contributed by atoms with Crippen molar-refractivity contribution >= 4 is 5.91 Å². The first-order valence-corrected chi connectivity index (χ1v) is 13.4. The largest absolute Gasteiger partial charge is 0.487 e.